The first-order valence-corrected chi connectivity index (χ1v) is 12.5. The zero-order valence-corrected chi connectivity index (χ0v) is 20.3. The van der Waals surface area contributed by atoms with Crippen LogP contribution in [0, 0.1) is 11.8 Å². The highest BCUT2D eigenvalue weighted by atomic mass is 16.1. The number of nitrogens with zero attached hydrogens (tertiary/aromatic N) is 4. The monoisotopic (exact) mass is 477 g/mol. The van der Waals surface area contributed by atoms with E-state index in [4.69, 9.17) is 15.8 Å². The van der Waals surface area contributed by atoms with Gasteiger partial charge in [-0.15, -0.1) is 4.59 Å². The van der Waals surface area contributed by atoms with Gasteiger partial charge in [0.1, 0.15) is 11.9 Å². The molecule has 3 N–H and O–H groups in total. The summed E-state index contributed by atoms with van der Waals surface area (Å²) in [6, 6.07) is 20.6. The molecule has 0 saturated heterocycles. The number of hydrogen-bond acceptors (Lipinski definition) is 5. The molecule has 3 aliphatic rings. The second-order valence-electron chi connectivity index (χ2n) is 9.69. The van der Waals surface area contributed by atoms with Crippen molar-refractivity contribution in [1.29, 1.82) is 0 Å². The van der Waals surface area contributed by atoms with Gasteiger partial charge in [0.25, 0.3) is 5.84 Å². The third-order valence-electron chi connectivity index (χ3n) is 7.57. The van der Waals surface area contributed by atoms with E-state index in [2.05, 4.69) is 52.8 Å². The molecule has 1 atom stereocenters. The van der Waals surface area contributed by atoms with Gasteiger partial charge in [0, 0.05) is 29.8 Å². The first-order chi connectivity index (χ1) is 17.6. The van der Waals surface area contributed by atoms with Crippen LogP contribution in [0.25, 0.3) is 22.2 Å². The standard InChI is InChI=1S/C29H28N6O/c1-31-29(36)22-10-8-21(9-11-22)27-26-18-32-15-16-35(26,30)28(34-27)23-12-7-20-13-14-24(33-25(20)17-23)19-5-3-2-4-6-19/h2-7,12-18,21-22H,8-11,30H2,1H3/p+1. The summed E-state index contributed by atoms with van der Waals surface area (Å²) in [5.74, 6) is 8.21. The van der Waals surface area contributed by atoms with Gasteiger partial charge in [0.15, 0.2) is 0 Å². The van der Waals surface area contributed by atoms with Crippen LogP contribution in [0.15, 0.2) is 94.4 Å². The molecule has 6 rings (SSSR count). The summed E-state index contributed by atoms with van der Waals surface area (Å²) in [6.07, 6.45) is 8.98. The fourth-order valence-corrected chi connectivity index (χ4v) is 5.57. The number of hydrogen-bond donors (Lipinski definition) is 2. The van der Waals surface area contributed by atoms with Crippen molar-refractivity contribution >= 4 is 28.9 Å². The van der Waals surface area contributed by atoms with Crippen molar-refractivity contribution in [2.75, 3.05) is 7.05 Å². The number of aliphatic imine (C=N–C) groups is 2. The number of nitrogens with two attached hydrogens (primary N) is 1. The maximum atomic E-state index is 12.1. The van der Waals surface area contributed by atoms with E-state index in [1.54, 1.807) is 13.2 Å². The number of benzene rings is 2. The van der Waals surface area contributed by atoms with E-state index in [1.165, 1.54) is 0 Å². The lowest BCUT2D eigenvalue weighted by Gasteiger charge is -2.28. The molecule has 3 heterocycles. The van der Waals surface area contributed by atoms with Crippen LogP contribution < -0.4 is 11.2 Å². The first-order valence-electron chi connectivity index (χ1n) is 12.5. The Labute approximate surface area is 210 Å². The number of allylic oxidation sites excluding steroid dienone is 2. The average Bonchev–Trinajstić information content (AvgIpc) is 3.25. The molecule has 1 aromatic heterocycles. The van der Waals surface area contributed by atoms with Crippen LogP contribution in [0.3, 0.4) is 0 Å². The fourth-order valence-electron chi connectivity index (χ4n) is 5.57. The number of aromatic nitrogens is 1. The quantitative estimate of drug-likeness (QED) is 0.422. The van der Waals surface area contributed by atoms with Crippen LogP contribution in [0.2, 0.25) is 0 Å². The van der Waals surface area contributed by atoms with Gasteiger partial charge in [0.2, 0.25) is 11.6 Å². The Morgan fingerprint density at radius 2 is 1.78 bits per heavy atom. The molecular formula is C29H29N6O+. The zero-order chi connectivity index (χ0) is 24.7. The molecular weight excluding hydrogens is 448 g/mol. The number of nitrogens with one attached hydrogen (secondary N) is 1. The van der Waals surface area contributed by atoms with Crippen molar-refractivity contribution in [2.45, 2.75) is 25.7 Å². The molecule has 2 aliphatic heterocycles. The topological polar surface area (TPSA) is 92.7 Å². The van der Waals surface area contributed by atoms with E-state index in [0.29, 0.717) is 0 Å². The number of pyridine rings is 1. The van der Waals surface area contributed by atoms with Crippen molar-refractivity contribution in [2.24, 2.45) is 27.7 Å². The number of amidine groups is 1. The Hall–Kier alpha value is -3.94. The predicted octanol–water partition coefficient (Wildman–Crippen LogP) is 4.67. The van der Waals surface area contributed by atoms with Crippen LogP contribution in [-0.4, -0.2) is 34.6 Å². The molecule has 1 saturated carbocycles. The maximum absolute atomic E-state index is 12.1. The molecule has 0 radical (unpaired) electrons. The number of carbonyl (C=O) groups excluding carboxylic acids is 1. The molecule has 0 bridgehead atoms. The molecule has 1 fully saturated rings. The molecule has 1 unspecified atom stereocenters. The Morgan fingerprint density at radius 3 is 2.56 bits per heavy atom. The van der Waals surface area contributed by atoms with Crippen LogP contribution in [-0.2, 0) is 4.79 Å². The Morgan fingerprint density at radius 1 is 1.00 bits per heavy atom. The average molecular weight is 478 g/mol. The van der Waals surface area contributed by atoms with Gasteiger partial charge < -0.3 is 5.32 Å². The number of rotatable bonds is 4. The predicted molar refractivity (Wildman–Crippen MR) is 142 cm³/mol. The number of carbonyl (C=O) groups is 1. The van der Waals surface area contributed by atoms with E-state index >= 15 is 0 Å². The summed E-state index contributed by atoms with van der Waals surface area (Å²) in [6.45, 7) is 0. The van der Waals surface area contributed by atoms with E-state index in [9.17, 15) is 4.79 Å². The Balaban J connectivity index is 1.37. The summed E-state index contributed by atoms with van der Waals surface area (Å²) >= 11 is 0. The first kappa shape index (κ1) is 22.5. The second-order valence-corrected chi connectivity index (χ2v) is 9.69. The minimum absolute atomic E-state index is 0.00189. The van der Waals surface area contributed by atoms with E-state index < -0.39 is 0 Å². The zero-order valence-electron chi connectivity index (χ0n) is 20.3. The molecule has 1 amide bonds. The maximum Gasteiger partial charge on any atom is 0.264 e. The summed E-state index contributed by atoms with van der Waals surface area (Å²) in [5.41, 5.74) is 5.75. The van der Waals surface area contributed by atoms with Crippen molar-refractivity contribution in [3.63, 3.8) is 0 Å². The van der Waals surface area contributed by atoms with E-state index in [0.717, 1.165) is 70.6 Å². The number of amides is 1. The van der Waals surface area contributed by atoms with Gasteiger partial charge in [-0.2, -0.15) is 10.8 Å². The molecule has 180 valence electrons. The van der Waals surface area contributed by atoms with E-state index in [-0.39, 0.29) is 22.3 Å². The van der Waals surface area contributed by atoms with Crippen molar-refractivity contribution in [1.82, 2.24) is 10.3 Å². The third kappa shape index (κ3) is 3.77. The Bertz CT molecular complexity index is 1460. The smallest absolute Gasteiger partial charge is 0.264 e. The Kier molecular flexibility index (Phi) is 5.59. The van der Waals surface area contributed by atoms with Crippen LogP contribution in [0.5, 0.6) is 0 Å². The van der Waals surface area contributed by atoms with Gasteiger partial charge in [-0.1, -0.05) is 42.5 Å². The van der Waals surface area contributed by atoms with Crippen LogP contribution in [0.4, 0.5) is 0 Å². The van der Waals surface area contributed by atoms with Crippen LogP contribution in [0.1, 0.15) is 31.2 Å². The van der Waals surface area contributed by atoms with Gasteiger partial charge in [-0.3, -0.25) is 9.79 Å². The normalized spacial score (nSPS) is 25.1. The molecule has 7 heteroatoms. The molecule has 1 aliphatic carbocycles. The highest BCUT2D eigenvalue weighted by Gasteiger charge is 2.46. The summed E-state index contributed by atoms with van der Waals surface area (Å²) < 4.78 is -0.00189. The molecule has 36 heavy (non-hydrogen) atoms. The highest BCUT2D eigenvalue weighted by molar-refractivity contribution is 6.02. The van der Waals surface area contributed by atoms with Gasteiger partial charge in [-0.25, -0.2) is 4.98 Å². The van der Waals surface area contributed by atoms with Gasteiger partial charge >= 0.3 is 0 Å². The van der Waals surface area contributed by atoms with Crippen molar-refractivity contribution in [3.05, 3.63) is 90.0 Å². The third-order valence-corrected chi connectivity index (χ3v) is 7.57. The van der Waals surface area contributed by atoms with E-state index in [1.807, 2.05) is 30.6 Å². The molecule has 0 spiro atoms. The van der Waals surface area contributed by atoms with Gasteiger partial charge in [-0.05, 0) is 43.9 Å². The molecule has 3 aromatic rings. The number of quaternary nitrogens is 1. The fraction of sp³-hybridized carbons (Fsp3) is 0.241. The molecule has 7 nitrogen and oxygen atoms in total. The largest absolute Gasteiger partial charge is 0.359 e. The van der Waals surface area contributed by atoms with Crippen LogP contribution >= 0.6 is 0 Å². The lowest BCUT2D eigenvalue weighted by molar-refractivity contribution is -0.750. The lowest BCUT2D eigenvalue weighted by Crippen LogP contribution is -2.53. The molecule has 2 aromatic carbocycles. The number of fused-ring (bicyclic) bond motifs is 2. The van der Waals surface area contributed by atoms with Crippen molar-refractivity contribution < 1.29 is 9.39 Å². The minimum atomic E-state index is -0.00189. The lowest BCUT2D eigenvalue weighted by atomic mass is 9.79. The summed E-state index contributed by atoms with van der Waals surface area (Å²) in [5, 5.41) is 3.86. The van der Waals surface area contributed by atoms with Crippen molar-refractivity contribution in [3.8, 4) is 11.3 Å². The highest BCUT2D eigenvalue weighted by Crippen LogP contribution is 2.41. The SMILES string of the molecule is CNC(=O)C1CCC(C2=C3C=NC=C[N+]3(N)C(c3ccc4ccc(-c5ccccc5)nc4c3)=N2)CC1. The summed E-state index contributed by atoms with van der Waals surface area (Å²) in [4.78, 5) is 26.6. The summed E-state index contributed by atoms with van der Waals surface area (Å²) in [7, 11) is 1.71. The van der Waals surface area contributed by atoms with Gasteiger partial charge in [0.05, 0.1) is 29.2 Å². The second kappa shape index (κ2) is 8.93. The minimum Gasteiger partial charge on any atom is -0.359 e.